The fourth-order valence-corrected chi connectivity index (χ4v) is 4.90. The van der Waals surface area contributed by atoms with Crippen molar-refractivity contribution in [3.05, 3.63) is 40.7 Å². The highest BCUT2D eigenvalue weighted by molar-refractivity contribution is 5.73. The number of hydrogen-bond acceptors (Lipinski definition) is 4. The number of piperidine rings is 1. The second kappa shape index (κ2) is 6.45. The van der Waals surface area contributed by atoms with Crippen LogP contribution in [0.15, 0.2) is 35.1 Å². The molecule has 1 atom stereocenters. The van der Waals surface area contributed by atoms with Gasteiger partial charge in [-0.15, -0.1) is 0 Å². The number of nitrogens with zero attached hydrogens (tertiary/aromatic N) is 3. The van der Waals surface area contributed by atoms with E-state index in [0.717, 1.165) is 24.6 Å². The molecule has 1 saturated carbocycles. The number of nitrogens with two attached hydrogens (primary N) is 1. The standard InChI is InChI=1S/C21H28N4O/c1-15-8-9-21(14-15)10-12-25(13-11-21)20-23-18(22)17(19(26)24(20)2)16-6-4-3-5-7-16/h3-7,15H,8-14,22H2,1-2H3/t15-/m0/s1. The summed E-state index contributed by atoms with van der Waals surface area (Å²) >= 11 is 0. The second-order valence-corrected chi connectivity index (χ2v) is 8.24. The molecule has 1 aliphatic carbocycles. The van der Waals surface area contributed by atoms with Crippen molar-refractivity contribution in [1.29, 1.82) is 0 Å². The Morgan fingerprint density at radius 3 is 2.46 bits per heavy atom. The molecule has 1 saturated heterocycles. The van der Waals surface area contributed by atoms with Crippen molar-refractivity contribution < 1.29 is 0 Å². The Morgan fingerprint density at radius 2 is 1.85 bits per heavy atom. The number of benzene rings is 1. The maximum Gasteiger partial charge on any atom is 0.264 e. The summed E-state index contributed by atoms with van der Waals surface area (Å²) in [6.45, 7) is 4.28. The van der Waals surface area contributed by atoms with Crippen LogP contribution < -0.4 is 16.2 Å². The van der Waals surface area contributed by atoms with Crippen molar-refractivity contribution in [2.45, 2.75) is 39.0 Å². The van der Waals surface area contributed by atoms with Crippen LogP contribution in [0.2, 0.25) is 0 Å². The van der Waals surface area contributed by atoms with Crippen molar-refractivity contribution in [2.24, 2.45) is 18.4 Å². The first-order chi connectivity index (χ1) is 12.5. The number of nitrogen functional groups attached to an aromatic ring is 1. The first kappa shape index (κ1) is 17.1. The molecule has 1 aliphatic heterocycles. The maximum absolute atomic E-state index is 13.0. The van der Waals surface area contributed by atoms with Gasteiger partial charge in [-0.25, -0.2) is 0 Å². The normalized spacial score (nSPS) is 22.1. The predicted octanol–water partition coefficient (Wildman–Crippen LogP) is 3.44. The van der Waals surface area contributed by atoms with E-state index in [9.17, 15) is 4.79 Å². The Morgan fingerprint density at radius 1 is 1.15 bits per heavy atom. The Bertz CT molecular complexity index is 850. The number of rotatable bonds is 2. The van der Waals surface area contributed by atoms with E-state index in [4.69, 9.17) is 5.73 Å². The molecule has 2 N–H and O–H groups in total. The number of hydrogen-bond donors (Lipinski definition) is 1. The molecule has 4 rings (SSSR count). The third kappa shape index (κ3) is 2.89. The number of aromatic nitrogens is 2. The summed E-state index contributed by atoms with van der Waals surface area (Å²) in [6.07, 6.45) is 6.43. The molecule has 1 spiro atoms. The lowest BCUT2D eigenvalue weighted by molar-refractivity contribution is 0.217. The van der Waals surface area contributed by atoms with Gasteiger partial charge in [-0.1, -0.05) is 43.7 Å². The van der Waals surface area contributed by atoms with E-state index < -0.39 is 0 Å². The smallest absolute Gasteiger partial charge is 0.264 e. The minimum atomic E-state index is -0.0755. The van der Waals surface area contributed by atoms with Crippen LogP contribution in [0.5, 0.6) is 0 Å². The van der Waals surface area contributed by atoms with Gasteiger partial charge in [-0.3, -0.25) is 9.36 Å². The van der Waals surface area contributed by atoms with Gasteiger partial charge in [-0.05, 0) is 42.6 Å². The van der Waals surface area contributed by atoms with Crippen molar-refractivity contribution in [3.63, 3.8) is 0 Å². The maximum atomic E-state index is 13.0. The van der Waals surface area contributed by atoms with E-state index in [0.29, 0.717) is 22.7 Å². The van der Waals surface area contributed by atoms with Crippen LogP contribution in [0.4, 0.5) is 11.8 Å². The summed E-state index contributed by atoms with van der Waals surface area (Å²) in [4.78, 5) is 19.8. The summed E-state index contributed by atoms with van der Waals surface area (Å²) in [5.74, 6) is 1.88. The van der Waals surface area contributed by atoms with Gasteiger partial charge in [-0.2, -0.15) is 4.98 Å². The molecule has 1 aromatic carbocycles. The van der Waals surface area contributed by atoms with Crippen molar-refractivity contribution in [2.75, 3.05) is 23.7 Å². The minimum absolute atomic E-state index is 0.0755. The van der Waals surface area contributed by atoms with E-state index >= 15 is 0 Å². The van der Waals surface area contributed by atoms with E-state index in [2.05, 4.69) is 16.8 Å². The lowest BCUT2D eigenvalue weighted by atomic mass is 9.76. The van der Waals surface area contributed by atoms with Crippen molar-refractivity contribution in [3.8, 4) is 11.1 Å². The van der Waals surface area contributed by atoms with Gasteiger partial charge in [0.1, 0.15) is 5.82 Å². The Hall–Kier alpha value is -2.30. The van der Waals surface area contributed by atoms with Crippen molar-refractivity contribution in [1.82, 2.24) is 9.55 Å². The first-order valence-corrected chi connectivity index (χ1v) is 9.66. The number of anilines is 2. The molecule has 2 aliphatic rings. The molecule has 0 radical (unpaired) electrons. The SMILES string of the molecule is C[C@H]1CCC2(CCN(c3nc(N)c(-c4ccccc4)c(=O)n3C)CC2)C1. The van der Waals surface area contributed by atoms with Crippen LogP contribution in [0.25, 0.3) is 11.1 Å². The van der Waals surface area contributed by atoms with Gasteiger partial charge < -0.3 is 10.6 Å². The van der Waals surface area contributed by atoms with E-state index in [-0.39, 0.29) is 5.56 Å². The Kier molecular flexibility index (Phi) is 4.25. The summed E-state index contributed by atoms with van der Waals surface area (Å²) in [7, 11) is 1.80. The highest BCUT2D eigenvalue weighted by atomic mass is 16.1. The summed E-state index contributed by atoms with van der Waals surface area (Å²) < 4.78 is 1.66. The fourth-order valence-electron chi connectivity index (χ4n) is 4.90. The second-order valence-electron chi connectivity index (χ2n) is 8.24. The van der Waals surface area contributed by atoms with Crippen LogP contribution >= 0.6 is 0 Å². The summed E-state index contributed by atoms with van der Waals surface area (Å²) in [5, 5.41) is 0. The fraction of sp³-hybridized carbons (Fsp3) is 0.524. The minimum Gasteiger partial charge on any atom is -0.383 e. The topological polar surface area (TPSA) is 64.2 Å². The van der Waals surface area contributed by atoms with E-state index in [1.165, 1.54) is 32.1 Å². The lowest BCUT2D eigenvalue weighted by Crippen LogP contribution is -2.42. The van der Waals surface area contributed by atoms with Crippen molar-refractivity contribution >= 4 is 11.8 Å². The molecule has 0 bridgehead atoms. The Balaban J connectivity index is 1.62. The quantitative estimate of drug-likeness (QED) is 0.899. The zero-order valence-electron chi connectivity index (χ0n) is 15.7. The highest BCUT2D eigenvalue weighted by Gasteiger charge is 2.40. The zero-order valence-corrected chi connectivity index (χ0v) is 15.7. The molecule has 2 aromatic rings. The molecule has 0 amide bonds. The van der Waals surface area contributed by atoms with Gasteiger partial charge >= 0.3 is 0 Å². The van der Waals surface area contributed by atoms with Gasteiger partial charge in [0.25, 0.3) is 5.56 Å². The lowest BCUT2D eigenvalue weighted by Gasteiger charge is -2.40. The molecule has 0 unspecified atom stereocenters. The highest BCUT2D eigenvalue weighted by Crippen LogP contribution is 2.49. The summed E-state index contributed by atoms with van der Waals surface area (Å²) in [5.41, 5.74) is 7.97. The molecular formula is C21H28N4O. The molecule has 5 heteroatoms. The third-order valence-corrected chi connectivity index (χ3v) is 6.41. The van der Waals surface area contributed by atoms with Crippen LogP contribution in [0, 0.1) is 11.3 Å². The molecule has 2 heterocycles. The summed E-state index contributed by atoms with van der Waals surface area (Å²) in [6, 6.07) is 9.56. The Labute approximate surface area is 154 Å². The van der Waals surface area contributed by atoms with Crippen LogP contribution in [0.1, 0.15) is 39.0 Å². The predicted molar refractivity (Wildman–Crippen MR) is 106 cm³/mol. The molecule has 2 fully saturated rings. The molecule has 1 aromatic heterocycles. The van der Waals surface area contributed by atoms with Gasteiger partial charge in [0, 0.05) is 20.1 Å². The van der Waals surface area contributed by atoms with E-state index in [1.807, 2.05) is 30.3 Å². The first-order valence-electron chi connectivity index (χ1n) is 9.66. The largest absolute Gasteiger partial charge is 0.383 e. The monoisotopic (exact) mass is 352 g/mol. The van der Waals surface area contributed by atoms with Crippen LogP contribution in [0.3, 0.4) is 0 Å². The van der Waals surface area contributed by atoms with Gasteiger partial charge in [0.05, 0.1) is 5.56 Å². The average Bonchev–Trinajstić information content (AvgIpc) is 3.00. The molecule has 138 valence electrons. The zero-order chi connectivity index (χ0) is 18.3. The van der Waals surface area contributed by atoms with Crippen LogP contribution in [-0.4, -0.2) is 22.6 Å². The van der Waals surface area contributed by atoms with Crippen LogP contribution in [-0.2, 0) is 7.05 Å². The molecule has 5 nitrogen and oxygen atoms in total. The molecular weight excluding hydrogens is 324 g/mol. The molecule has 26 heavy (non-hydrogen) atoms. The van der Waals surface area contributed by atoms with E-state index in [1.54, 1.807) is 11.6 Å². The van der Waals surface area contributed by atoms with Gasteiger partial charge in [0.15, 0.2) is 0 Å². The van der Waals surface area contributed by atoms with Gasteiger partial charge in [0.2, 0.25) is 5.95 Å². The average molecular weight is 352 g/mol. The third-order valence-electron chi connectivity index (χ3n) is 6.41.